The van der Waals surface area contributed by atoms with E-state index in [-0.39, 0.29) is 16.2 Å². The fourth-order valence-corrected chi connectivity index (χ4v) is 3.37. The van der Waals surface area contributed by atoms with E-state index in [9.17, 15) is 18.0 Å². The van der Waals surface area contributed by atoms with Crippen molar-refractivity contribution in [2.24, 2.45) is 7.05 Å². The van der Waals surface area contributed by atoms with Crippen LogP contribution in [0, 0.1) is 0 Å². The fraction of sp³-hybridized carbons (Fsp3) is 0.692. The molecule has 0 saturated heterocycles. The van der Waals surface area contributed by atoms with Gasteiger partial charge in [-0.15, -0.1) is 0 Å². The number of aryl methyl sites for hydroxylation is 1. The first-order chi connectivity index (χ1) is 9.80. The molecule has 0 aromatic carbocycles. The van der Waals surface area contributed by atoms with Crippen molar-refractivity contribution < 1.29 is 18.0 Å². The highest BCUT2D eigenvalue weighted by atomic mass is 79.9. The number of nitrogens with zero attached hydrogens (tertiary/aromatic N) is 2. The summed E-state index contributed by atoms with van der Waals surface area (Å²) in [6.45, 7) is 0. The van der Waals surface area contributed by atoms with Crippen molar-refractivity contribution in [1.29, 1.82) is 0 Å². The minimum atomic E-state index is -4.55. The van der Waals surface area contributed by atoms with Crippen LogP contribution >= 0.6 is 15.9 Å². The van der Waals surface area contributed by atoms with Crippen LogP contribution in [0.4, 0.5) is 13.2 Å². The third-order valence-corrected chi connectivity index (χ3v) is 4.41. The number of alkyl halides is 3. The summed E-state index contributed by atoms with van der Waals surface area (Å²) in [4.78, 5) is 12.2. The van der Waals surface area contributed by atoms with Gasteiger partial charge in [-0.05, 0) is 28.8 Å². The zero-order chi connectivity index (χ0) is 15.6. The van der Waals surface area contributed by atoms with Gasteiger partial charge in [0.1, 0.15) is 0 Å². The van der Waals surface area contributed by atoms with Crippen LogP contribution in [0.3, 0.4) is 0 Å². The maximum absolute atomic E-state index is 12.9. The lowest BCUT2D eigenvalue weighted by Crippen LogP contribution is -2.34. The molecule has 4 nitrogen and oxygen atoms in total. The number of carbonyl (C=O) groups is 1. The smallest absolute Gasteiger partial charge is 0.348 e. The van der Waals surface area contributed by atoms with E-state index in [4.69, 9.17) is 0 Å². The predicted octanol–water partition coefficient (Wildman–Crippen LogP) is 3.65. The molecule has 0 atom stereocenters. The quantitative estimate of drug-likeness (QED) is 0.810. The standard InChI is InChI=1S/C13H17BrF3N3O/c1-20-11(13(15,16)17)9(14)10(19-20)12(21)18-8-6-4-2-3-5-7-8/h8H,2-7H2,1H3,(H,18,21). The molecule has 1 heterocycles. The molecule has 2 rings (SSSR count). The number of amides is 1. The van der Waals surface area contributed by atoms with Gasteiger partial charge in [-0.2, -0.15) is 18.3 Å². The molecule has 0 radical (unpaired) electrons. The first kappa shape index (κ1) is 16.3. The summed E-state index contributed by atoms with van der Waals surface area (Å²) in [5, 5.41) is 6.50. The number of rotatable bonds is 2. The monoisotopic (exact) mass is 367 g/mol. The Morgan fingerprint density at radius 3 is 2.33 bits per heavy atom. The molecule has 118 valence electrons. The van der Waals surface area contributed by atoms with Crippen LogP contribution in [-0.4, -0.2) is 21.7 Å². The first-order valence-electron chi connectivity index (χ1n) is 6.91. The molecule has 1 amide bonds. The minimum absolute atomic E-state index is 0.0169. The molecule has 1 fully saturated rings. The zero-order valence-electron chi connectivity index (χ0n) is 11.6. The zero-order valence-corrected chi connectivity index (χ0v) is 13.2. The Morgan fingerprint density at radius 1 is 1.29 bits per heavy atom. The Kier molecular flexibility index (Phi) is 4.95. The van der Waals surface area contributed by atoms with Gasteiger partial charge in [0.05, 0.1) is 4.47 Å². The van der Waals surface area contributed by atoms with Crippen LogP contribution < -0.4 is 5.32 Å². The maximum Gasteiger partial charge on any atom is 0.434 e. The van der Waals surface area contributed by atoms with E-state index >= 15 is 0 Å². The maximum atomic E-state index is 12.9. The van der Waals surface area contributed by atoms with Crippen LogP contribution in [-0.2, 0) is 13.2 Å². The highest BCUT2D eigenvalue weighted by Gasteiger charge is 2.39. The number of aromatic nitrogens is 2. The van der Waals surface area contributed by atoms with Crippen molar-refractivity contribution in [3.05, 3.63) is 15.9 Å². The summed E-state index contributed by atoms with van der Waals surface area (Å²) < 4.78 is 39.0. The molecule has 0 unspecified atom stereocenters. The number of carbonyl (C=O) groups excluding carboxylic acids is 1. The van der Waals surface area contributed by atoms with Crippen LogP contribution in [0.25, 0.3) is 0 Å². The van der Waals surface area contributed by atoms with Gasteiger partial charge < -0.3 is 5.32 Å². The van der Waals surface area contributed by atoms with Crippen molar-refractivity contribution in [2.75, 3.05) is 0 Å². The lowest BCUT2D eigenvalue weighted by molar-refractivity contribution is -0.144. The van der Waals surface area contributed by atoms with Crippen LogP contribution in [0.15, 0.2) is 4.47 Å². The Balaban J connectivity index is 2.16. The van der Waals surface area contributed by atoms with Gasteiger partial charge in [-0.25, -0.2) is 0 Å². The van der Waals surface area contributed by atoms with E-state index in [1.807, 2.05) is 0 Å². The normalized spacial score (nSPS) is 17.6. The molecule has 1 saturated carbocycles. The van der Waals surface area contributed by atoms with Crippen molar-refractivity contribution in [1.82, 2.24) is 15.1 Å². The van der Waals surface area contributed by atoms with Gasteiger partial charge in [-0.1, -0.05) is 25.7 Å². The Bertz CT molecular complexity index is 519. The topological polar surface area (TPSA) is 46.9 Å². The summed E-state index contributed by atoms with van der Waals surface area (Å²) in [5.41, 5.74) is -1.16. The Morgan fingerprint density at radius 2 is 1.86 bits per heavy atom. The second-order valence-electron chi connectivity index (χ2n) is 5.29. The van der Waals surface area contributed by atoms with Crippen molar-refractivity contribution in [3.8, 4) is 0 Å². The van der Waals surface area contributed by atoms with E-state index in [0.29, 0.717) is 4.68 Å². The minimum Gasteiger partial charge on any atom is -0.348 e. The molecule has 1 aliphatic carbocycles. The SMILES string of the molecule is Cn1nc(C(=O)NC2CCCCCC2)c(Br)c1C(F)(F)F. The van der Waals surface area contributed by atoms with Crippen molar-refractivity contribution >= 4 is 21.8 Å². The summed E-state index contributed by atoms with van der Waals surface area (Å²) in [5.74, 6) is -0.556. The number of hydrogen-bond acceptors (Lipinski definition) is 2. The third kappa shape index (κ3) is 3.78. The summed E-state index contributed by atoms with van der Waals surface area (Å²) in [6, 6.07) is 0.0169. The van der Waals surface area contributed by atoms with E-state index in [2.05, 4.69) is 26.3 Å². The lowest BCUT2D eigenvalue weighted by Gasteiger charge is -2.15. The molecular formula is C13H17BrF3N3O. The summed E-state index contributed by atoms with van der Waals surface area (Å²) in [6.07, 6.45) is 1.51. The number of nitrogens with one attached hydrogen (secondary N) is 1. The second-order valence-corrected chi connectivity index (χ2v) is 6.09. The molecule has 1 aromatic rings. The van der Waals surface area contributed by atoms with E-state index < -0.39 is 17.8 Å². The van der Waals surface area contributed by atoms with E-state index in [0.717, 1.165) is 38.5 Å². The van der Waals surface area contributed by atoms with Gasteiger partial charge >= 0.3 is 6.18 Å². The predicted molar refractivity (Wildman–Crippen MR) is 74.9 cm³/mol. The van der Waals surface area contributed by atoms with Crippen molar-refractivity contribution in [2.45, 2.75) is 50.7 Å². The Labute approximate surface area is 129 Å². The van der Waals surface area contributed by atoms with E-state index in [1.165, 1.54) is 7.05 Å². The number of hydrogen-bond donors (Lipinski definition) is 1. The molecule has 1 N–H and O–H groups in total. The third-order valence-electron chi connectivity index (χ3n) is 3.66. The highest BCUT2D eigenvalue weighted by Crippen LogP contribution is 2.36. The number of halogens is 4. The Hall–Kier alpha value is -1.05. The van der Waals surface area contributed by atoms with Crippen LogP contribution in [0.5, 0.6) is 0 Å². The molecule has 0 spiro atoms. The summed E-state index contributed by atoms with van der Waals surface area (Å²) >= 11 is 2.85. The van der Waals surface area contributed by atoms with Gasteiger partial charge in [0.25, 0.3) is 5.91 Å². The molecule has 0 bridgehead atoms. The molecular weight excluding hydrogens is 351 g/mol. The van der Waals surface area contributed by atoms with Crippen LogP contribution in [0.1, 0.15) is 54.7 Å². The molecule has 1 aromatic heterocycles. The van der Waals surface area contributed by atoms with Crippen molar-refractivity contribution in [3.63, 3.8) is 0 Å². The average molecular weight is 368 g/mol. The van der Waals surface area contributed by atoms with Crippen LogP contribution in [0.2, 0.25) is 0 Å². The van der Waals surface area contributed by atoms with Gasteiger partial charge in [0, 0.05) is 13.1 Å². The molecule has 0 aliphatic heterocycles. The highest BCUT2D eigenvalue weighted by molar-refractivity contribution is 9.10. The second kappa shape index (κ2) is 6.37. The van der Waals surface area contributed by atoms with Gasteiger partial charge in [0.15, 0.2) is 11.4 Å². The first-order valence-corrected chi connectivity index (χ1v) is 7.70. The average Bonchev–Trinajstić information content (AvgIpc) is 2.55. The summed E-state index contributed by atoms with van der Waals surface area (Å²) in [7, 11) is 1.18. The molecule has 1 aliphatic rings. The van der Waals surface area contributed by atoms with Gasteiger partial charge in [-0.3, -0.25) is 9.48 Å². The largest absolute Gasteiger partial charge is 0.434 e. The molecule has 8 heteroatoms. The van der Waals surface area contributed by atoms with E-state index in [1.54, 1.807) is 0 Å². The van der Waals surface area contributed by atoms with Gasteiger partial charge in [0.2, 0.25) is 0 Å². The molecule has 21 heavy (non-hydrogen) atoms. The lowest BCUT2D eigenvalue weighted by atomic mass is 10.1. The fourth-order valence-electron chi connectivity index (χ4n) is 2.63.